The lowest BCUT2D eigenvalue weighted by atomic mass is 10.3. The van der Waals surface area contributed by atoms with E-state index in [1.165, 1.54) is 11.3 Å². The highest BCUT2D eigenvalue weighted by Crippen LogP contribution is 2.16. The van der Waals surface area contributed by atoms with Gasteiger partial charge in [-0.15, -0.1) is 11.3 Å². The van der Waals surface area contributed by atoms with Crippen LogP contribution in [-0.4, -0.2) is 36.5 Å². The Bertz CT molecular complexity index is 569. The minimum Gasteiger partial charge on any atom is -0.493 e. The molecule has 0 atom stereocenters. The fourth-order valence-electron chi connectivity index (χ4n) is 1.72. The van der Waals surface area contributed by atoms with Crippen molar-refractivity contribution in [1.82, 2.24) is 9.88 Å². The number of nitrogens with zero attached hydrogens (tertiary/aromatic N) is 2. The van der Waals surface area contributed by atoms with E-state index < -0.39 is 0 Å². The fourth-order valence-corrected chi connectivity index (χ4v) is 2.44. The number of amides is 1. The third kappa shape index (κ3) is 5.53. The molecule has 0 aliphatic carbocycles. The number of rotatable bonds is 7. The number of carbonyl (C=O) groups excluding carboxylic acids is 1. The van der Waals surface area contributed by atoms with Crippen molar-refractivity contribution in [2.45, 2.75) is 13.0 Å². The maximum Gasteiger partial charge on any atom is 0.229 e. The smallest absolute Gasteiger partial charge is 0.229 e. The van der Waals surface area contributed by atoms with Crippen molar-refractivity contribution in [1.29, 1.82) is 0 Å². The molecule has 0 radical (unpaired) electrons. The van der Waals surface area contributed by atoms with Crippen LogP contribution in [0.15, 0.2) is 35.7 Å². The Balaban J connectivity index is 1.73. The number of benzene rings is 1. The molecule has 112 valence electrons. The maximum atomic E-state index is 11.8. The summed E-state index contributed by atoms with van der Waals surface area (Å²) in [5, 5.41) is 5.38. The molecule has 0 saturated heterocycles. The second-order valence-electron chi connectivity index (χ2n) is 4.84. The first-order chi connectivity index (χ1) is 10.1. The Labute approximate surface area is 128 Å². The van der Waals surface area contributed by atoms with Gasteiger partial charge in [-0.25, -0.2) is 4.98 Å². The number of para-hydroxylation sites is 1. The first kappa shape index (κ1) is 15.5. The van der Waals surface area contributed by atoms with Crippen LogP contribution in [0.1, 0.15) is 12.1 Å². The van der Waals surface area contributed by atoms with E-state index in [1.54, 1.807) is 0 Å². The minimum absolute atomic E-state index is 0.0864. The second kappa shape index (κ2) is 7.75. The quantitative estimate of drug-likeness (QED) is 0.854. The minimum atomic E-state index is -0.0864. The van der Waals surface area contributed by atoms with Crippen LogP contribution in [-0.2, 0) is 11.3 Å². The zero-order valence-corrected chi connectivity index (χ0v) is 13.0. The van der Waals surface area contributed by atoms with Gasteiger partial charge < -0.3 is 15.0 Å². The summed E-state index contributed by atoms with van der Waals surface area (Å²) in [5.41, 5.74) is 0.959. The highest BCUT2D eigenvalue weighted by molar-refractivity contribution is 7.13. The summed E-state index contributed by atoms with van der Waals surface area (Å²) in [6.45, 7) is 1.12. The lowest BCUT2D eigenvalue weighted by molar-refractivity contribution is -0.116. The standard InChI is InChI=1S/C15H19N3O2S/c1-18(2)10-12-11-21-15(16-12)17-14(19)8-9-20-13-6-4-3-5-7-13/h3-7,11H,8-10H2,1-2H3,(H,16,17,19). The molecule has 6 heteroatoms. The molecule has 1 heterocycles. The molecule has 2 rings (SSSR count). The molecule has 0 spiro atoms. The van der Waals surface area contributed by atoms with Crippen molar-refractivity contribution < 1.29 is 9.53 Å². The van der Waals surface area contributed by atoms with Crippen LogP contribution in [0.4, 0.5) is 5.13 Å². The van der Waals surface area contributed by atoms with Crippen LogP contribution in [0.25, 0.3) is 0 Å². The summed E-state index contributed by atoms with van der Waals surface area (Å²) in [4.78, 5) is 18.2. The van der Waals surface area contributed by atoms with E-state index in [0.29, 0.717) is 18.2 Å². The molecule has 0 unspecified atom stereocenters. The van der Waals surface area contributed by atoms with Gasteiger partial charge in [0.2, 0.25) is 5.91 Å². The van der Waals surface area contributed by atoms with Gasteiger partial charge in [-0.2, -0.15) is 0 Å². The van der Waals surface area contributed by atoms with Gasteiger partial charge in [0.15, 0.2) is 5.13 Å². The third-order valence-corrected chi connectivity index (χ3v) is 3.42. The number of anilines is 1. The zero-order valence-electron chi connectivity index (χ0n) is 12.2. The molecule has 0 aliphatic heterocycles. The number of aromatic nitrogens is 1. The van der Waals surface area contributed by atoms with E-state index in [9.17, 15) is 4.79 Å². The molecule has 5 nitrogen and oxygen atoms in total. The van der Waals surface area contributed by atoms with E-state index in [0.717, 1.165) is 18.0 Å². The third-order valence-electron chi connectivity index (χ3n) is 2.62. The predicted molar refractivity (Wildman–Crippen MR) is 84.7 cm³/mol. The topological polar surface area (TPSA) is 54.5 Å². The number of ether oxygens (including phenoxy) is 1. The molecule has 0 bridgehead atoms. The molecule has 2 aromatic rings. The van der Waals surface area contributed by atoms with E-state index >= 15 is 0 Å². The molecular weight excluding hydrogens is 286 g/mol. The normalized spacial score (nSPS) is 10.6. The van der Waals surface area contributed by atoms with Crippen LogP contribution >= 0.6 is 11.3 Å². The fraction of sp³-hybridized carbons (Fsp3) is 0.333. The Kier molecular flexibility index (Phi) is 5.71. The van der Waals surface area contributed by atoms with Gasteiger partial charge in [0.25, 0.3) is 0 Å². The molecule has 21 heavy (non-hydrogen) atoms. The highest BCUT2D eigenvalue weighted by atomic mass is 32.1. The van der Waals surface area contributed by atoms with Gasteiger partial charge in [-0.3, -0.25) is 4.79 Å². The summed E-state index contributed by atoms with van der Waals surface area (Å²) in [6, 6.07) is 9.46. The van der Waals surface area contributed by atoms with Gasteiger partial charge in [0.05, 0.1) is 18.7 Å². The average Bonchev–Trinajstić information content (AvgIpc) is 2.86. The second-order valence-corrected chi connectivity index (χ2v) is 5.70. The van der Waals surface area contributed by atoms with Gasteiger partial charge in [0.1, 0.15) is 5.75 Å². The molecule has 0 fully saturated rings. The van der Waals surface area contributed by atoms with Crippen molar-refractivity contribution in [2.75, 3.05) is 26.0 Å². The number of nitrogens with one attached hydrogen (secondary N) is 1. The Hall–Kier alpha value is -1.92. The summed E-state index contributed by atoms with van der Waals surface area (Å²) in [7, 11) is 3.97. The van der Waals surface area contributed by atoms with E-state index in [-0.39, 0.29) is 5.91 Å². The van der Waals surface area contributed by atoms with Crippen LogP contribution in [0, 0.1) is 0 Å². The molecule has 1 amide bonds. The SMILES string of the molecule is CN(C)Cc1csc(NC(=O)CCOc2ccccc2)n1. The Morgan fingerprint density at radius 3 is 2.81 bits per heavy atom. The number of carbonyl (C=O) groups is 1. The monoisotopic (exact) mass is 305 g/mol. The van der Waals surface area contributed by atoms with Crippen molar-refractivity contribution >= 4 is 22.4 Å². The van der Waals surface area contributed by atoms with E-state index in [1.807, 2.05) is 54.7 Å². The lowest BCUT2D eigenvalue weighted by Gasteiger charge is -2.06. The molecular formula is C15H19N3O2S. The van der Waals surface area contributed by atoms with Gasteiger partial charge in [-0.1, -0.05) is 18.2 Å². The van der Waals surface area contributed by atoms with Crippen LogP contribution in [0.2, 0.25) is 0 Å². The molecule has 1 aromatic heterocycles. The largest absolute Gasteiger partial charge is 0.493 e. The summed E-state index contributed by atoms with van der Waals surface area (Å²) in [5.74, 6) is 0.685. The summed E-state index contributed by atoms with van der Waals surface area (Å²) in [6.07, 6.45) is 0.303. The van der Waals surface area contributed by atoms with Crippen LogP contribution < -0.4 is 10.1 Å². The number of hydrogen-bond donors (Lipinski definition) is 1. The lowest BCUT2D eigenvalue weighted by Crippen LogP contribution is -2.15. The van der Waals surface area contributed by atoms with Crippen LogP contribution in [0.3, 0.4) is 0 Å². The molecule has 0 aliphatic rings. The summed E-state index contributed by atoms with van der Waals surface area (Å²) < 4.78 is 5.49. The predicted octanol–water partition coefficient (Wildman–Crippen LogP) is 2.61. The van der Waals surface area contributed by atoms with Crippen molar-refractivity contribution in [3.63, 3.8) is 0 Å². The Morgan fingerprint density at radius 1 is 1.33 bits per heavy atom. The molecule has 1 N–H and O–H groups in total. The summed E-state index contributed by atoms with van der Waals surface area (Å²) >= 11 is 1.44. The van der Waals surface area contributed by atoms with Crippen molar-refractivity contribution in [2.24, 2.45) is 0 Å². The number of hydrogen-bond acceptors (Lipinski definition) is 5. The molecule has 1 aromatic carbocycles. The maximum absolute atomic E-state index is 11.8. The van der Waals surface area contributed by atoms with E-state index in [2.05, 4.69) is 10.3 Å². The van der Waals surface area contributed by atoms with Gasteiger partial charge in [0, 0.05) is 11.9 Å². The van der Waals surface area contributed by atoms with Gasteiger partial charge >= 0.3 is 0 Å². The first-order valence-electron chi connectivity index (χ1n) is 6.70. The van der Waals surface area contributed by atoms with Crippen molar-refractivity contribution in [3.8, 4) is 5.75 Å². The van der Waals surface area contributed by atoms with Gasteiger partial charge in [-0.05, 0) is 26.2 Å². The Morgan fingerprint density at radius 2 is 2.10 bits per heavy atom. The van der Waals surface area contributed by atoms with E-state index in [4.69, 9.17) is 4.74 Å². The zero-order chi connectivity index (χ0) is 15.1. The average molecular weight is 305 g/mol. The van der Waals surface area contributed by atoms with Crippen molar-refractivity contribution in [3.05, 3.63) is 41.4 Å². The number of thiazole rings is 1. The van der Waals surface area contributed by atoms with Crippen LogP contribution in [0.5, 0.6) is 5.75 Å². The molecule has 0 saturated carbocycles. The first-order valence-corrected chi connectivity index (χ1v) is 7.58. The highest BCUT2D eigenvalue weighted by Gasteiger charge is 2.07.